The van der Waals surface area contributed by atoms with Crippen molar-refractivity contribution >= 4 is 22.6 Å². The summed E-state index contributed by atoms with van der Waals surface area (Å²) in [7, 11) is 1.60. The van der Waals surface area contributed by atoms with Gasteiger partial charge in [-0.15, -0.1) is 0 Å². The number of aromatic nitrogens is 3. The summed E-state index contributed by atoms with van der Waals surface area (Å²) in [5.41, 5.74) is 6.56. The predicted octanol–water partition coefficient (Wildman–Crippen LogP) is 1.94. The van der Waals surface area contributed by atoms with E-state index in [1.165, 1.54) is 5.56 Å². The second-order valence-corrected chi connectivity index (χ2v) is 8.77. The number of aromatic amines is 1. The zero-order valence-corrected chi connectivity index (χ0v) is 20.3. The van der Waals surface area contributed by atoms with Gasteiger partial charge < -0.3 is 19.9 Å². The molecule has 2 N–H and O–H groups in total. The van der Waals surface area contributed by atoms with Gasteiger partial charge >= 0.3 is 0 Å². The number of pyridine rings is 1. The summed E-state index contributed by atoms with van der Waals surface area (Å²) in [5, 5.41) is 2.81. The van der Waals surface area contributed by atoms with Crippen LogP contribution in [0.5, 0.6) is 0 Å². The summed E-state index contributed by atoms with van der Waals surface area (Å²) in [6.07, 6.45) is 0. The Morgan fingerprint density at radius 1 is 1.09 bits per heavy atom. The second kappa shape index (κ2) is 10.3. The fourth-order valence-electron chi connectivity index (χ4n) is 4.40. The maximum absolute atomic E-state index is 12.2. The van der Waals surface area contributed by atoms with Gasteiger partial charge in [0, 0.05) is 46.4 Å². The molecule has 1 aliphatic rings. The van der Waals surface area contributed by atoms with Gasteiger partial charge in [-0.05, 0) is 50.1 Å². The van der Waals surface area contributed by atoms with Crippen molar-refractivity contribution in [2.45, 2.75) is 27.3 Å². The van der Waals surface area contributed by atoms with E-state index in [0.29, 0.717) is 24.5 Å². The molecule has 0 saturated carbocycles. The minimum absolute atomic E-state index is 0.139. The number of carbonyl (C=O) groups excluding carboxylic acids is 1. The van der Waals surface area contributed by atoms with Crippen LogP contribution in [0.1, 0.15) is 33.0 Å². The number of amides is 1. The van der Waals surface area contributed by atoms with Crippen LogP contribution in [-0.4, -0.2) is 72.2 Å². The number of benzene rings is 1. The number of nitrogens with one attached hydrogen (secondary N) is 2. The minimum Gasteiger partial charge on any atom is -0.383 e. The highest BCUT2D eigenvalue weighted by Crippen LogP contribution is 2.22. The molecule has 9 nitrogen and oxygen atoms in total. The number of anilines is 1. The molecule has 9 heteroatoms. The Morgan fingerprint density at radius 3 is 2.56 bits per heavy atom. The monoisotopic (exact) mass is 464 g/mol. The maximum Gasteiger partial charge on any atom is 0.269 e. The van der Waals surface area contributed by atoms with Crippen molar-refractivity contribution in [1.82, 2.24) is 25.2 Å². The molecule has 2 aromatic heterocycles. The van der Waals surface area contributed by atoms with Gasteiger partial charge in [0.15, 0.2) is 0 Å². The fraction of sp³-hybridized carbons (Fsp3) is 0.440. The number of hydrogen-bond acceptors (Lipinski definition) is 7. The van der Waals surface area contributed by atoms with E-state index < -0.39 is 0 Å². The standard InChI is InChI=1S/C25H32N6O3/c1-16-13-19(14-21-23(16)28-18(3)24(32)29-21)15-30-8-10-31(11-9-30)22-6-5-20(27-17(22)2)25(33)26-7-12-34-4/h5-6,13-14H,7-12,15H2,1-4H3,(H,26,33)(H,29,32). The Bertz CT molecular complexity index is 1250. The van der Waals surface area contributed by atoms with Gasteiger partial charge in [-0.3, -0.25) is 14.5 Å². The Kier molecular flexibility index (Phi) is 7.23. The minimum atomic E-state index is -0.186. The zero-order valence-electron chi connectivity index (χ0n) is 20.3. The molecular weight excluding hydrogens is 432 g/mol. The molecule has 0 unspecified atom stereocenters. The first-order valence-corrected chi connectivity index (χ1v) is 11.6. The molecule has 1 aromatic carbocycles. The van der Waals surface area contributed by atoms with Crippen LogP contribution >= 0.6 is 0 Å². The van der Waals surface area contributed by atoms with Crippen molar-refractivity contribution < 1.29 is 9.53 Å². The summed E-state index contributed by atoms with van der Waals surface area (Å²) < 4.78 is 4.97. The number of ether oxygens (including phenoxy) is 1. The van der Waals surface area contributed by atoms with Crippen molar-refractivity contribution in [1.29, 1.82) is 0 Å². The van der Waals surface area contributed by atoms with Crippen molar-refractivity contribution in [3.8, 4) is 0 Å². The van der Waals surface area contributed by atoms with Gasteiger partial charge in [0.05, 0.1) is 29.0 Å². The van der Waals surface area contributed by atoms with Gasteiger partial charge in [-0.2, -0.15) is 0 Å². The van der Waals surface area contributed by atoms with Gasteiger partial charge in [0.1, 0.15) is 11.4 Å². The Morgan fingerprint density at radius 2 is 1.85 bits per heavy atom. The first-order valence-electron chi connectivity index (χ1n) is 11.6. The van der Waals surface area contributed by atoms with Crippen LogP contribution in [0.2, 0.25) is 0 Å². The number of fused-ring (bicyclic) bond motifs is 1. The van der Waals surface area contributed by atoms with Gasteiger partial charge in [-0.1, -0.05) is 6.07 Å². The first-order chi connectivity index (χ1) is 16.4. The Labute approximate surface area is 199 Å². The normalized spacial score (nSPS) is 14.5. The summed E-state index contributed by atoms with van der Waals surface area (Å²) in [4.78, 5) is 40.9. The lowest BCUT2D eigenvalue weighted by atomic mass is 10.1. The fourth-order valence-corrected chi connectivity index (χ4v) is 4.40. The SMILES string of the molecule is COCCNC(=O)c1ccc(N2CCN(Cc3cc(C)c4nc(C)c(=O)[nH]c4c3)CC2)c(C)n1. The quantitative estimate of drug-likeness (QED) is 0.515. The average Bonchev–Trinajstić information content (AvgIpc) is 2.81. The van der Waals surface area contributed by atoms with Crippen LogP contribution in [0, 0.1) is 20.8 Å². The predicted molar refractivity (Wildman–Crippen MR) is 133 cm³/mol. The molecule has 0 radical (unpaired) electrons. The van der Waals surface area contributed by atoms with Crippen LogP contribution in [0.15, 0.2) is 29.1 Å². The van der Waals surface area contributed by atoms with Crippen LogP contribution in [0.25, 0.3) is 11.0 Å². The topological polar surface area (TPSA) is 103 Å². The van der Waals surface area contributed by atoms with Gasteiger partial charge in [-0.25, -0.2) is 9.97 Å². The highest BCUT2D eigenvalue weighted by atomic mass is 16.5. The van der Waals surface area contributed by atoms with E-state index in [4.69, 9.17) is 4.74 Å². The smallest absolute Gasteiger partial charge is 0.269 e. The second-order valence-electron chi connectivity index (χ2n) is 8.77. The lowest BCUT2D eigenvalue weighted by molar-refractivity contribution is 0.0932. The van der Waals surface area contributed by atoms with E-state index >= 15 is 0 Å². The van der Waals surface area contributed by atoms with Crippen LogP contribution in [-0.2, 0) is 11.3 Å². The molecule has 3 heterocycles. The molecular formula is C25H32N6O3. The van der Waals surface area contributed by atoms with E-state index in [2.05, 4.69) is 36.1 Å². The number of carbonyl (C=O) groups is 1. The molecule has 1 aliphatic heterocycles. The van der Waals surface area contributed by atoms with E-state index in [9.17, 15) is 9.59 Å². The van der Waals surface area contributed by atoms with Crippen molar-refractivity contribution in [3.05, 3.63) is 62.8 Å². The number of hydrogen-bond donors (Lipinski definition) is 2. The van der Waals surface area contributed by atoms with Crippen molar-refractivity contribution in [3.63, 3.8) is 0 Å². The molecule has 180 valence electrons. The zero-order chi connectivity index (χ0) is 24.2. The third kappa shape index (κ3) is 5.26. The van der Waals surface area contributed by atoms with Crippen molar-refractivity contribution in [2.75, 3.05) is 51.3 Å². The number of H-pyrrole nitrogens is 1. The lowest BCUT2D eigenvalue weighted by Gasteiger charge is -2.36. The largest absolute Gasteiger partial charge is 0.383 e. The number of nitrogens with zero attached hydrogens (tertiary/aromatic N) is 4. The highest BCUT2D eigenvalue weighted by molar-refractivity contribution is 5.92. The average molecular weight is 465 g/mol. The number of piperazine rings is 1. The van der Waals surface area contributed by atoms with E-state index in [0.717, 1.165) is 60.7 Å². The molecule has 1 amide bonds. The molecule has 1 saturated heterocycles. The maximum atomic E-state index is 12.2. The molecule has 0 spiro atoms. The van der Waals surface area contributed by atoms with E-state index in [1.807, 2.05) is 26.0 Å². The van der Waals surface area contributed by atoms with Crippen LogP contribution in [0.3, 0.4) is 0 Å². The lowest BCUT2D eigenvalue weighted by Crippen LogP contribution is -2.46. The van der Waals surface area contributed by atoms with Crippen LogP contribution in [0.4, 0.5) is 5.69 Å². The third-order valence-electron chi connectivity index (χ3n) is 6.22. The molecule has 3 aromatic rings. The summed E-state index contributed by atoms with van der Waals surface area (Å²) in [6.45, 7) is 11.1. The number of rotatable bonds is 7. The molecule has 0 atom stereocenters. The number of methoxy groups -OCH3 is 1. The van der Waals surface area contributed by atoms with Gasteiger partial charge in [0.25, 0.3) is 11.5 Å². The molecule has 1 fully saturated rings. The Balaban J connectivity index is 1.38. The first kappa shape index (κ1) is 23.8. The summed E-state index contributed by atoms with van der Waals surface area (Å²) in [5.74, 6) is -0.186. The molecule has 0 bridgehead atoms. The molecule has 34 heavy (non-hydrogen) atoms. The van der Waals surface area contributed by atoms with Crippen LogP contribution < -0.4 is 15.8 Å². The summed E-state index contributed by atoms with van der Waals surface area (Å²) in [6, 6.07) is 7.96. The molecule has 4 rings (SSSR count). The highest BCUT2D eigenvalue weighted by Gasteiger charge is 2.20. The number of aryl methyl sites for hydroxylation is 3. The third-order valence-corrected chi connectivity index (χ3v) is 6.22. The Hall–Kier alpha value is -3.30. The van der Waals surface area contributed by atoms with Crippen molar-refractivity contribution in [2.24, 2.45) is 0 Å². The van der Waals surface area contributed by atoms with E-state index in [-0.39, 0.29) is 11.5 Å². The van der Waals surface area contributed by atoms with Gasteiger partial charge in [0.2, 0.25) is 0 Å². The van der Waals surface area contributed by atoms with E-state index in [1.54, 1.807) is 20.1 Å². The summed E-state index contributed by atoms with van der Waals surface area (Å²) >= 11 is 0. The molecule has 0 aliphatic carbocycles.